The standard InChI is InChI=1S/C20H24F4N4O/c1-14(12-28-15(2)11-18(25-28)20(22,23)24)19(29)27-9-7-26(8-10-27)13-16-5-3-4-6-17(16)21/h3-6,11,14H,7-10,12-13H2,1-2H3. The van der Waals surface area contributed by atoms with Crippen LogP contribution in [0.25, 0.3) is 0 Å². The molecule has 0 spiro atoms. The fourth-order valence-electron chi connectivity index (χ4n) is 3.48. The van der Waals surface area contributed by atoms with Crippen molar-refractivity contribution in [1.29, 1.82) is 0 Å². The van der Waals surface area contributed by atoms with E-state index < -0.39 is 17.8 Å². The van der Waals surface area contributed by atoms with E-state index in [1.54, 1.807) is 36.9 Å². The lowest BCUT2D eigenvalue weighted by atomic mass is 10.1. The van der Waals surface area contributed by atoms with E-state index in [0.29, 0.717) is 44.0 Å². The number of aryl methyl sites for hydroxylation is 1. The smallest absolute Gasteiger partial charge is 0.340 e. The van der Waals surface area contributed by atoms with Crippen LogP contribution < -0.4 is 0 Å². The zero-order chi connectivity index (χ0) is 21.2. The van der Waals surface area contributed by atoms with E-state index in [9.17, 15) is 22.4 Å². The number of carbonyl (C=O) groups is 1. The first-order valence-corrected chi connectivity index (χ1v) is 9.51. The molecule has 158 valence electrons. The third-order valence-electron chi connectivity index (χ3n) is 5.18. The lowest BCUT2D eigenvalue weighted by Crippen LogP contribution is -2.50. The first-order chi connectivity index (χ1) is 13.6. The highest BCUT2D eigenvalue weighted by Gasteiger charge is 2.35. The van der Waals surface area contributed by atoms with Crippen LogP contribution in [0.4, 0.5) is 17.6 Å². The third kappa shape index (κ3) is 5.14. The molecule has 1 fully saturated rings. The van der Waals surface area contributed by atoms with E-state index in [2.05, 4.69) is 10.00 Å². The maximum atomic E-state index is 13.8. The zero-order valence-electron chi connectivity index (χ0n) is 16.4. The molecular formula is C20H24F4N4O. The summed E-state index contributed by atoms with van der Waals surface area (Å²) in [6.07, 6.45) is -4.50. The molecule has 9 heteroatoms. The van der Waals surface area contributed by atoms with Crippen LogP contribution in [-0.4, -0.2) is 51.7 Å². The molecule has 1 aromatic carbocycles. The van der Waals surface area contributed by atoms with Crippen LogP contribution in [0.15, 0.2) is 30.3 Å². The van der Waals surface area contributed by atoms with Gasteiger partial charge in [0.15, 0.2) is 5.69 Å². The Kier molecular flexibility index (Phi) is 6.26. The summed E-state index contributed by atoms with van der Waals surface area (Å²) in [6.45, 7) is 6.06. The van der Waals surface area contributed by atoms with Crippen LogP contribution in [0.1, 0.15) is 23.9 Å². The minimum Gasteiger partial charge on any atom is -0.340 e. The summed E-state index contributed by atoms with van der Waals surface area (Å²) >= 11 is 0. The molecule has 29 heavy (non-hydrogen) atoms. The molecule has 1 aliphatic heterocycles. The topological polar surface area (TPSA) is 41.4 Å². The average Bonchev–Trinajstić information content (AvgIpc) is 3.04. The van der Waals surface area contributed by atoms with Gasteiger partial charge in [-0.05, 0) is 19.1 Å². The molecule has 0 N–H and O–H groups in total. The molecule has 1 unspecified atom stereocenters. The van der Waals surface area contributed by atoms with Gasteiger partial charge in [0, 0.05) is 44.0 Å². The van der Waals surface area contributed by atoms with Crippen molar-refractivity contribution >= 4 is 5.91 Å². The Labute approximate surface area is 166 Å². The van der Waals surface area contributed by atoms with Gasteiger partial charge in [-0.3, -0.25) is 14.4 Å². The molecule has 3 rings (SSSR count). The van der Waals surface area contributed by atoms with Crippen LogP contribution in [0.2, 0.25) is 0 Å². The molecular weight excluding hydrogens is 388 g/mol. The van der Waals surface area contributed by atoms with Gasteiger partial charge in [-0.2, -0.15) is 18.3 Å². The van der Waals surface area contributed by atoms with Crippen molar-refractivity contribution in [2.24, 2.45) is 5.92 Å². The SMILES string of the molecule is Cc1cc(C(F)(F)F)nn1CC(C)C(=O)N1CCN(Cc2ccccc2F)CC1. The summed E-state index contributed by atoms with van der Waals surface area (Å²) in [5.74, 6) is -0.848. The average molecular weight is 412 g/mol. The predicted octanol–water partition coefficient (Wildman–Crippen LogP) is 3.33. The maximum Gasteiger partial charge on any atom is 0.435 e. The van der Waals surface area contributed by atoms with Gasteiger partial charge >= 0.3 is 6.18 Å². The van der Waals surface area contributed by atoms with Crippen LogP contribution in [0.3, 0.4) is 0 Å². The second kappa shape index (κ2) is 8.52. The summed E-state index contributed by atoms with van der Waals surface area (Å²) in [5, 5.41) is 3.59. The molecule has 1 atom stereocenters. The summed E-state index contributed by atoms with van der Waals surface area (Å²) in [7, 11) is 0. The maximum absolute atomic E-state index is 13.8. The number of hydrogen-bond acceptors (Lipinski definition) is 3. The van der Waals surface area contributed by atoms with Crippen LogP contribution in [0.5, 0.6) is 0 Å². The Hall–Kier alpha value is -2.42. The molecule has 0 aliphatic carbocycles. The van der Waals surface area contributed by atoms with E-state index in [1.165, 1.54) is 10.7 Å². The molecule has 1 aliphatic rings. The van der Waals surface area contributed by atoms with E-state index in [4.69, 9.17) is 0 Å². The molecule has 1 aromatic heterocycles. The van der Waals surface area contributed by atoms with Crippen molar-refractivity contribution in [1.82, 2.24) is 19.6 Å². The fourth-order valence-corrected chi connectivity index (χ4v) is 3.48. The van der Waals surface area contributed by atoms with Crippen LogP contribution in [-0.2, 0) is 24.1 Å². The number of carbonyl (C=O) groups excluding carboxylic acids is 1. The molecule has 0 bridgehead atoms. The van der Waals surface area contributed by atoms with Crippen molar-refractivity contribution in [2.75, 3.05) is 26.2 Å². The Morgan fingerprint density at radius 2 is 1.83 bits per heavy atom. The quantitative estimate of drug-likeness (QED) is 0.708. The van der Waals surface area contributed by atoms with Gasteiger partial charge in [0.2, 0.25) is 5.91 Å². The van der Waals surface area contributed by atoms with Crippen molar-refractivity contribution in [2.45, 2.75) is 33.1 Å². The molecule has 5 nitrogen and oxygen atoms in total. The number of amides is 1. The highest BCUT2D eigenvalue weighted by Crippen LogP contribution is 2.28. The van der Waals surface area contributed by atoms with Gasteiger partial charge in [0.25, 0.3) is 0 Å². The number of halogens is 4. The molecule has 1 saturated heterocycles. The second-order valence-corrected chi connectivity index (χ2v) is 7.44. The molecule has 2 heterocycles. The number of hydrogen-bond donors (Lipinski definition) is 0. The van der Waals surface area contributed by atoms with Crippen LogP contribution >= 0.6 is 0 Å². The second-order valence-electron chi connectivity index (χ2n) is 7.44. The predicted molar refractivity (Wildman–Crippen MR) is 99.4 cm³/mol. The van der Waals surface area contributed by atoms with Gasteiger partial charge in [-0.25, -0.2) is 4.39 Å². The van der Waals surface area contributed by atoms with Crippen LogP contribution in [0, 0.1) is 18.7 Å². The number of rotatable bonds is 5. The lowest BCUT2D eigenvalue weighted by Gasteiger charge is -2.36. The molecule has 1 amide bonds. The Bertz CT molecular complexity index is 856. The Morgan fingerprint density at radius 1 is 1.17 bits per heavy atom. The Morgan fingerprint density at radius 3 is 2.41 bits per heavy atom. The number of aromatic nitrogens is 2. The minimum absolute atomic E-state index is 0.0934. The third-order valence-corrected chi connectivity index (χ3v) is 5.18. The summed E-state index contributed by atoms with van der Waals surface area (Å²) in [6, 6.07) is 7.60. The first-order valence-electron chi connectivity index (χ1n) is 9.51. The Balaban J connectivity index is 1.54. The normalized spacial score (nSPS) is 16.8. The highest BCUT2D eigenvalue weighted by atomic mass is 19.4. The van der Waals surface area contributed by atoms with E-state index >= 15 is 0 Å². The number of piperazine rings is 1. The van der Waals surface area contributed by atoms with Gasteiger partial charge in [-0.15, -0.1) is 0 Å². The van der Waals surface area contributed by atoms with E-state index in [1.807, 2.05) is 0 Å². The van der Waals surface area contributed by atoms with Gasteiger partial charge in [0.1, 0.15) is 5.82 Å². The summed E-state index contributed by atoms with van der Waals surface area (Å²) in [5.41, 5.74) is 0.0401. The number of benzene rings is 1. The monoisotopic (exact) mass is 412 g/mol. The first kappa shape index (κ1) is 21.3. The molecule has 2 aromatic rings. The summed E-state index contributed by atoms with van der Waals surface area (Å²) in [4.78, 5) is 16.5. The number of nitrogens with zero attached hydrogens (tertiary/aromatic N) is 4. The van der Waals surface area contributed by atoms with Gasteiger partial charge in [0.05, 0.1) is 12.5 Å². The minimum atomic E-state index is -4.50. The number of alkyl halides is 3. The van der Waals surface area contributed by atoms with E-state index in [0.717, 1.165) is 6.07 Å². The zero-order valence-corrected chi connectivity index (χ0v) is 16.4. The van der Waals surface area contributed by atoms with Gasteiger partial charge in [-0.1, -0.05) is 25.1 Å². The highest BCUT2D eigenvalue weighted by molar-refractivity contribution is 5.78. The van der Waals surface area contributed by atoms with Crippen molar-refractivity contribution in [3.8, 4) is 0 Å². The fraction of sp³-hybridized carbons (Fsp3) is 0.500. The van der Waals surface area contributed by atoms with Crippen molar-refractivity contribution in [3.05, 3.63) is 53.1 Å². The van der Waals surface area contributed by atoms with Crippen molar-refractivity contribution in [3.63, 3.8) is 0 Å². The molecule has 0 saturated carbocycles. The summed E-state index contributed by atoms with van der Waals surface area (Å²) < 4.78 is 53.5. The molecule has 0 radical (unpaired) electrons. The lowest BCUT2D eigenvalue weighted by molar-refractivity contribution is -0.141. The largest absolute Gasteiger partial charge is 0.435 e. The van der Waals surface area contributed by atoms with Crippen molar-refractivity contribution < 1.29 is 22.4 Å². The van der Waals surface area contributed by atoms with Gasteiger partial charge < -0.3 is 4.90 Å². The van der Waals surface area contributed by atoms with E-state index in [-0.39, 0.29) is 18.3 Å².